The summed E-state index contributed by atoms with van der Waals surface area (Å²) >= 11 is 4.66. The van der Waals surface area contributed by atoms with Crippen LogP contribution in [0.15, 0.2) is 9.64 Å². The summed E-state index contributed by atoms with van der Waals surface area (Å²) in [5.41, 5.74) is 0. The van der Waals surface area contributed by atoms with Crippen molar-refractivity contribution in [1.29, 1.82) is 0 Å². The van der Waals surface area contributed by atoms with Crippen LogP contribution in [0.3, 0.4) is 0 Å². The van der Waals surface area contributed by atoms with E-state index in [0.717, 1.165) is 6.42 Å². The van der Waals surface area contributed by atoms with Gasteiger partial charge in [-0.1, -0.05) is 18.9 Å². The second kappa shape index (κ2) is 2.96. The Balaban J connectivity index is 2.74. The van der Waals surface area contributed by atoms with Crippen LogP contribution in [0.25, 0.3) is 0 Å². The molecule has 0 aliphatic carbocycles. The van der Waals surface area contributed by atoms with Crippen LogP contribution in [0, 0.1) is 0 Å². The van der Waals surface area contributed by atoms with Crippen molar-refractivity contribution in [3.63, 3.8) is 0 Å². The van der Waals surface area contributed by atoms with Crippen LogP contribution >= 0.6 is 12.6 Å². The van der Waals surface area contributed by atoms with Gasteiger partial charge in [0.05, 0.1) is 0 Å². The first-order chi connectivity index (χ1) is 4.74. The van der Waals surface area contributed by atoms with Crippen molar-refractivity contribution in [2.24, 2.45) is 0 Å². The van der Waals surface area contributed by atoms with Gasteiger partial charge < -0.3 is 4.42 Å². The Morgan fingerprint density at radius 1 is 1.60 bits per heavy atom. The van der Waals surface area contributed by atoms with E-state index in [-0.39, 0.29) is 5.22 Å². The Kier molecular flexibility index (Phi) is 2.21. The molecule has 0 spiro atoms. The molecule has 3 nitrogen and oxygen atoms in total. The molecule has 1 aromatic rings. The van der Waals surface area contributed by atoms with Crippen LogP contribution in [0.4, 0.5) is 0 Å². The molecule has 0 saturated carbocycles. The van der Waals surface area contributed by atoms with E-state index in [1.54, 1.807) is 0 Å². The largest absolute Gasteiger partial charge is 0.412 e. The fourth-order valence-corrected chi connectivity index (χ4v) is 0.720. The molecule has 4 heteroatoms. The standard InChI is InChI=1S/C6H9N2OS/c1-3-4(2)5-7-8-6(10)9-5/h4H,3H2,1-2H3. The van der Waals surface area contributed by atoms with Gasteiger partial charge in [-0.25, -0.2) is 0 Å². The molecule has 0 amide bonds. The zero-order chi connectivity index (χ0) is 7.56. The maximum atomic E-state index is 5.03. The number of nitrogens with zero attached hydrogens (tertiary/aromatic N) is 2. The molecule has 1 heterocycles. The van der Waals surface area contributed by atoms with Crippen LogP contribution < -0.4 is 0 Å². The Hall–Kier alpha value is -0.640. The topological polar surface area (TPSA) is 38.9 Å². The first-order valence-corrected chi connectivity index (χ1v) is 3.65. The molecule has 0 N–H and O–H groups in total. The molecule has 0 fully saturated rings. The molecule has 10 heavy (non-hydrogen) atoms. The molecular weight excluding hydrogens is 148 g/mol. The van der Waals surface area contributed by atoms with E-state index in [9.17, 15) is 0 Å². The van der Waals surface area contributed by atoms with Gasteiger partial charge in [0, 0.05) is 5.92 Å². The summed E-state index contributed by atoms with van der Waals surface area (Å²) in [5.74, 6) is 0.969. The lowest BCUT2D eigenvalue weighted by Gasteiger charge is -1.98. The highest BCUT2D eigenvalue weighted by Crippen LogP contribution is 2.17. The van der Waals surface area contributed by atoms with E-state index in [1.807, 2.05) is 6.92 Å². The normalized spacial score (nSPS) is 13.4. The fraction of sp³-hybridized carbons (Fsp3) is 0.667. The van der Waals surface area contributed by atoms with Crippen LogP contribution in [0.2, 0.25) is 0 Å². The summed E-state index contributed by atoms with van der Waals surface area (Å²) in [6.07, 6.45) is 0.997. The van der Waals surface area contributed by atoms with E-state index in [1.165, 1.54) is 0 Å². The van der Waals surface area contributed by atoms with Gasteiger partial charge in [-0.2, -0.15) is 0 Å². The number of rotatable bonds is 2. The minimum absolute atomic E-state index is 0.232. The quantitative estimate of drug-likeness (QED) is 0.660. The lowest BCUT2D eigenvalue weighted by atomic mass is 10.1. The molecule has 0 bridgehead atoms. The van der Waals surface area contributed by atoms with Gasteiger partial charge in [-0.3, -0.25) is 0 Å². The predicted octanol–water partition coefficient (Wildman–Crippen LogP) is 2.14. The van der Waals surface area contributed by atoms with Crippen LogP contribution in [0.1, 0.15) is 32.1 Å². The molecule has 0 aliphatic heterocycles. The van der Waals surface area contributed by atoms with Crippen LogP contribution in [-0.4, -0.2) is 10.2 Å². The fourth-order valence-electron chi connectivity index (χ4n) is 0.594. The van der Waals surface area contributed by atoms with E-state index in [2.05, 4.69) is 29.7 Å². The first-order valence-electron chi connectivity index (χ1n) is 3.24. The average Bonchev–Trinajstić information content (AvgIpc) is 2.34. The minimum atomic E-state index is 0.232. The third-order valence-electron chi connectivity index (χ3n) is 1.46. The average molecular weight is 157 g/mol. The van der Waals surface area contributed by atoms with Crippen molar-refractivity contribution in [2.45, 2.75) is 31.4 Å². The minimum Gasteiger partial charge on any atom is -0.412 e. The van der Waals surface area contributed by atoms with Crippen molar-refractivity contribution in [3.05, 3.63) is 5.89 Å². The molecule has 0 saturated heterocycles. The number of aromatic nitrogens is 2. The first kappa shape index (κ1) is 7.47. The van der Waals surface area contributed by atoms with Crippen LogP contribution in [0.5, 0.6) is 0 Å². The zero-order valence-electron chi connectivity index (χ0n) is 6.00. The van der Waals surface area contributed by atoms with Crippen molar-refractivity contribution in [2.75, 3.05) is 0 Å². The van der Waals surface area contributed by atoms with E-state index in [4.69, 9.17) is 4.42 Å². The molecule has 55 valence electrons. The Bertz CT molecular complexity index is 211. The summed E-state index contributed by atoms with van der Waals surface area (Å²) in [6, 6.07) is 0. The lowest BCUT2D eigenvalue weighted by molar-refractivity contribution is 0.389. The molecule has 1 unspecified atom stereocenters. The maximum absolute atomic E-state index is 5.03. The molecule has 1 aromatic heterocycles. The van der Waals surface area contributed by atoms with Crippen molar-refractivity contribution < 1.29 is 4.42 Å². The monoisotopic (exact) mass is 157 g/mol. The van der Waals surface area contributed by atoms with Gasteiger partial charge in [0.15, 0.2) is 0 Å². The van der Waals surface area contributed by atoms with Crippen LogP contribution in [-0.2, 0) is 0 Å². The number of hydrogen-bond acceptors (Lipinski definition) is 3. The zero-order valence-corrected chi connectivity index (χ0v) is 6.81. The predicted molar refractivity (Wildman–Crippen MR) is 38.9 cm³/mol. The second-order valence-corrected chi connectivity index (χ2v) is 2.56. The van der Waals surface area contributed by atoms with E-state index < -0.39 is 0 Å². The highest BCUT2D eigenvalue weighted by molar-refractivity contribution is 7.80. The third kappa shape index (κ3) is 1.44. The van der Waals surface area contributed by atoms with Gasteiger partial charge >= 0.3 is 5.22 Å². The van der Waals surface area contributed by atoms with E-state index in [0.29, 0.717) is 11.8 Å². The smallest absolute Gasteiger partial charge is 0.309 e. The number of hydrogen-bond donors (Lipinski definition) is 0. The Morgan fingerprint density at radius 2 is 2.30 bits per heavy atom. The molecular formula is C6H9N2OS. The summed E-state index contributed by atoms with van der Waals surface area (Å²) in [4.78, 5) is 0. The molecule has 0 aliphatic rings. The SMILES string of the molecule is CCC(C)c1nnc([S])o1. The molecule has 1 rings (SSSR count). The summed E-state index contributed by atoms with van der Waals surface area (Å²) in [5, 5.41) is 7.58. The highest BCUT2D eigenvalue weighted by atomic mass is 32.1. The Labute approximate surface area is 65.2 Å². The van der Waals surface area contributed by atoms with Gasteiger partial charge in [0.1, 0.15) is 0 Å². The van der Waals surface area contributed by atoms with Crippen molar-refractivity contribution >= 4 is 12.6 Å². The van der Waals surface area contributed by atoms with Crippen molar-refractivity contribution in [3.8, 4) is 0 Å². The molecule has 0 aromatic carbocycles. The second-order valence-electron chi connectivity index (χ2n) is 2.22. The van der Waals surface area contributed by atoms with Gasteiger partial charge in [0.2, 0.25) is 5.89 Å². The summed E-state index contributed by atoms with van der Waals surface area (Å²) in [6.45, 7) is 4.10. The third-order valence-corrected chi connectivity index (χ3v) is 1.62. The Morgan fingerprint density at radius 3 is 2.70 bits per heavy atom. The van der Waals surface area contributed by atoms with Gasteiger partial charge in [-0.05, 0) is 19.0 Å². The molecule has 1 radical (unpaired) electrons. The maximum Gasteiger partial charge on any atom is 0.309 e. The van der Waals surface area contributed by atoms with Gasteiger partial charge in [-0.15, -0.1) is 5.10 Å². The summed E-state index contributed by atoms with van der Waals surface area (Å²) < 4.78 is 5.03. The molecule has 1 atom stereocenters. The van der Waals surface area contributed by atoms with E-state index >= 15 is 0 Å². The van der Waals surface area contributed by atoms with Gasteiger partial charge in [0.25, 0.3) is 0 Å². The highest BCUT2D eigenvalue weighted by Gasteiger charge is 2.09. The summed E-state index contributed by atoms with van der Waals surface area (Å²) in [7, 11) is 0. The van der Waals surface area contributed by atoms with Crippen molar-refractivity contribution in [1.82, 2.24) is 10.2 Å². The lowest BCUT2D eigenvalue weighted by Crippen LogP contribution is -1.90.